The lowest BCUT2D eigenvalue weighted by Crippen LogP contribution is -2.53. The molecule has 0 bridgehead atoms. The zero-order valence-corrected chi connectivity index (χ0v) is 23.0. The topological polar surface area (TPSA) is 134 Å². The Morgan fingerprint density at radius 3 is 2.85 bits per heavy atom. The van der Waals surface area contributed by atoms with Crippen LogP contribution in [-0.4, -0.2) is 78.1 Å². The number of carbonyl (C=O) groups is 2. The molecule has 1 saturated heterocycles. The van der Waals surface area contributed by atoms with E-state index in [0.29, 0.717) is 60.6 Å². The quantitative estimate of drug-likeness (QED) is 0.221. The largest absolute Gasteiger partial charge is 0.497 e. The number of aromatic nitrogens is 3. The fourth-order valence-corrected chi connectivity index (χ4v) is 5.31. The molecule has 3 heterocycles. The van der Waals surface area contributed by atoms with Gasteiger partial charge in [-0.3, -0.25) is 14.6 Å². The number of aryl methyl sites for hydroxylation is 1. The number of piperidine rings is 1. The summed E-state index contributed by atoms with van der Waals surface area (Å²) in [7, 11) is 3.42. The Bertz CT molecular complexity index is 1640. The van der Waals surface area contributed by atoms with E-state index < -0.39 is 18.0 Å². The molecule has 1 amide bonds. The van der Waals surface area contributed by atoms with Crippen molar-refractivity contribution in [3.8, 4) is 5.75 Å². The number of ether oxygens (including phenoxy) is 1. The number of rotatable bonds is 10. The molecule has 2 unspecified atom stereocenters. The number of ketones is 1. The van der Waals surface area contributed by atoms with Gasteiger partial charge in [-0.15, -0.1) is 0 Å². The SMILES string of the molecule is CNc1ccc(OC)cc1CCN(C=O)C1CCN(c2cc(C(=O)c3cc(C)c4[nH]c(=O)oc4c3)ncn2)CC1F. The molecule has 11 nitrogen and oxygen atoms in total. The number of nitrogens with one attached hydrogen (secondary N) is 2. The zero-order chi connectivity index (χ0) is 29.1. The molecule has 0 spiro atoms. The Morgan fingerprint density at radius 2 is 2.12 bits per heavy atom. The second-order valence-electron chi connectivity index (χ2n) is 9.96. The summed E-state index contributed by atoms with van der Waals surface area (Å²) in [6, 6.07) is 9.77. The summed E-state index contributed by atoms with van der Waals surface area (Å²) in [5.41, 5.74) is 3.83. The van der Waals surface area contributed by atoms with Crippen LogP contribution in [0.25, 0.3) is 11.1 Å². The van der Waals surface area contributed by atoms with Gasteiger partial charge in [-0.2, -0.15) is 0 Å². The van der Waals surface area contributed by atoms with E-state index in [1.54, 1.807) is 25.0 Å². The molecule has 5 rings (SSSR count). The van der Waals surface area contributed by atoms with E-state index in [4.69, 9.17) is 9.15 Å². The highest BCUT2D eigenvalue weighted by atomic mass is 19.1. The number of nitrogens with zero attached hydrogens (tertiary/aromatic N) is 4. The molecule has 214 valence electrons. The lowest BCUT2D eigenvalue weighted by molar-refractivity contribution is -0.122. The van der Waals surface area contributed by atoms with Gasteiger partial charge in [-0.1, -0.05) is 0 Å². The van der Waals surface area contributed by atoms with E-state index in [1.807, 2.05) is 25.2 Å². The second-order valence-corrected chi connectivity index (χ2v) is 9.96. The molecule has 41 heavy (non-hydrogen) atoms. The van der Waals surface area contributed by atoms with Gasteiger partial charge in [0.05, 0.1) is 25.2 Å². The predicted molar refractivity (Wildman–Crippen MR) is 152 cm³/mol. The molecule has 4 aromatic rings. The second kappa shape index (κ2) is 11.8. The van der Waals surface area contributed by atoms with E-state index in [2.05, 4.69) is 20.3 Å². The summed E-state index contributed by atoms with van der Waals surface area (Å²) in [6.07, 6.45) is 1.59. The van der Waals surface area contributed by atoms with Crippen LogP contribution in [0, 0.1) is 6.92 Å². The first-order valence-electron chi connectivity index (χ1n) is 13.3. The predicted octanol–water partition coefficient (Wildman–Crippen LogP) is 3.12. The summed E-state index contributed by atoms with van der Waals surface area (Å²) < 4.78 is 26.0. The number of oxazole rings is 1. The summed E-state index contributed by atoms with van der Waals surface area (Å²) in [6.45, 7) is 2.58. The average molecular weight is 563 g/mol. The number of benzene rings is 2. The van der Waals surface area contributed by atoms with Crippen molar-refractivity contribution >= 4 is 34.8 Å². The van der Waals surface area contributed by atoms with Gasteiger partial charge in [-0.25, -0.2) is 19.2 Å². The van der Waals surface area contributed by atoms with Crippen LogP contribution in [0.3, 0.4) is 0 Å². The molecule has 0 saturated carbocycles. The summed E-state index contributed by atoms with van der Waals surface area (Å²) in [5, 5.41) is 3.14. The van der Waals surface area contributed by atoms with Crippen molar-refractivity contribution in [2.45, 2.75) is 32.0 Å². The Balaban J connectivity index is 1.27. The minimum Gasteiger partial charge on any atom is -0.497 e. The zero-order valence-electron chi connectivity index (χ0n) is 23.0. The number of fused-ring (bicyclic) bond motifs is 1. The van der Waals surface area contributed by atoms with Crippen LogP contribution in [0.4, 0.5) is 15.9 Å². The van der Waals surface area contributed by atoms with Gasteiger partial charge in [0.25, 0.3) is 0 Å². The van der Waals surface area contributed by atoms with Gasteiger partial charge in [0.2, 0.25) is 12.2 Å². The van der Waals surface area contributed by atoms with Crippen LogP contribution in [-0.2, 0) is 11.2 Å². The Morgan fingerprint density at radius 1 is 1.29 bits per heavy atom. The summed E-state index contributed by atoms with van der Waals surface area (Å²) in [5.74, 6) is 0.156. The Kier molecular flexibility index (Phi) is 7.99. The fraction of sp³-hybridized carbons (Fsp3) is 0.345. The number of hydrogen-bond acceptors (Lipinski definition) is 9. The van der Waals surface area contributed by atoms with Crippen molar-refractivity contribution < 1.29 is 23.1 Å². The molecule has 0 aliphatic carbocycles. The van der Waals surface area contributed by atoms with E-state index in [9.17, 15) is 14.4 Å². The van der Waals surface area contributed by atoms with E-state index in [1.165, 1.54) is 23.4 Å². The molecule has 2 aromatic heterocycles. The van der Waals surface area contributed by atoms with Crippen LogP contribution in [0.5, 0.6) is 5.75 Å². The van der Waals surface area contributed by atoms with Gasteiger partial charge >= 0.3 is 5.76 Å². The first-order chi connectivity index (χ1) is 19.8. The highest BCUT2D eigenvalue weighted by molar-refractivity contribution is 6.09. The monoisotopic (exact) mass is 562 g/mol. The lowest BCUT2D eigenvalue weighted by Gasteiger charge is -2.39. The number of hydrogen-bond donors (Lipinski definition) is 2. The third-order valence-corrected chi connectivity index (χ3v) is 7.49. The van der Waals surface area contributed by atoms with Gasteiger partial charge in [-0.05, 0) is 61.2 Å². The van der Waals surface area contributed by atoms with Crippen molar-refractivity contribution in [2.75, 3.05) is 44.0 Å². The van der Waals surface area contributed by atoms with Crippen LogP contribution in [0.1, 0.15) is 33.6 Å². The number of amides is 1. The van der Waals surface area contributed by atoms with Gasteiger partial charge in [0.15, 0.2) is 5.58 Å². The standard InChI is InChI=1S/C29H31FN6O5/c1-17-10-19(12-25-27(17)34-29(39)41-25)28(38)23-13-26(33-15-32-23)35-9-7-24(21(30)14-35)36(16-37)8-6-18-11-20(40-3)4-5-22(18)31-2/h4-5,10-13,15-16,21,24,31H,6-9,14H2,1-3H3,(H,34,39). The van der Waals surface area contributed by atoms with Crippen molar-refractivity contribution in [3.05, 3.63) is 75.7 Å². The molecule has 1 aliphatic heterocycles. The smallest absolute Gasteiger partial charge is 0.417 e. The first kappa shape index (κ1) is 27.8. The molecular weight excluding hydrogens is 531 g/mol. The van der Waals surface area contributed by atoms with Crippen molar-refractivity contribution in [1.82, 2.24) is 19.9 Å². The van der Waals surface area contributed by atoms with Crippen LogP contribution >= 0.6 is 0 Å². The normalized spacial score (nSPS) is 16.9. The van der Waals surface area contributed by atoms with Crippen molar-refractivity contribution in [2.24, 2.45) is 0 Å². The highest BCUT2D eigenvalue weighted by Crippen LogP contribution is 2.27. The van der Waals surface area contributed by atoms with Gasteiger partial charge in [0, 0.05) is 37.5 Å². The molecule has 2 N–H and O–H groups in total. The first-order valence-corrected chi connectivity index (χ1v) is 13.3. The Labute approximate surface area is 235 Å². The lowest BCUT2D eigenvalue weighted by atomic mass is 10.00. The number of H-pyrrole nitrogens is 1. The molecule has 2 atom stereocenters. The maximum atomic E-state index is 15.5. The molecule has 12 heteroatoms. The van der Waals surface area contributed by atoms with Crippen molar-refractivity contribution in [1.29, 1.82) is 0 Å². The molecule has 1 fully saturated rings. The van der Waals surface area contributed by atoms with Gasteiger partial charge < -0.3 is 24.3 Å². The number of aromatic amines is 1. The number of halogens is 1. The minimum atomic E-state index is -1.32. The molecule has 1 aliphatic rings. The number of methoxy groups -OCH3 is 1. The number of anilines is 2. The third kappa shape index (κ3) is 5.76. The van der Waals surface area contributed by atoms with Crippen molar-refractivity contribution in [3.63, 3.8) is 0 Å². The average Bonchev–Trinajstić information content (AvgIpc) is 3.38. The van der Waals surface area contributed by atoms with Crippen LogP contribution in [0.2, 0.25) is 0 Å². The van der Waals surface area contributed by atoms with Crippen LogP contribution in [0.15, 0.2) is 51.9 Å². The Hall–Kier alpha value is -4.74. The summed E-state index contributed by atoms with van der Waals surface area (Å²) in [4.78, 5) is 51.1. The van der Waals surface area contributed by atoms with Crippen LogP contribution < -0.4 is 20.7 Å². The number of carbonyl (C=O) groups excluding carboxylic acids is 2. The maximum Gasteiger partial charge on any atom is 0.417 e. The molecular formula is C29H31FN6O5. The highest BCUT2D eigenvalue weighted by Gasteiger charge is 2.34. The van der Waals surface area contributed by atoms with Gasteiger partial charge in [0.1, 0.15) is 29.8 Å². The fourth-order valence-electron chi connectivity index (χ4n) is 5.31. The minimum absolute atomic E-state index is 0.0140. The molecule has 0 radical (unpaired) electrons. The number of alkyl halides is 1. The maximum absolute atomic E-state index is 15.5. The van der Waals surface area contributed by atoms with E-state index in [0.717, 1.165) is 11.3 Å². The van der Waals surface area contributed by atoms with E-state index in [-0.39, 0.29) is 23.6 Å². The summed E-state index contributed by atoms with van der Waals surface area (Å²) >= 11 is 0. The third-order valence-electron chi connectivity index (χ3n) is 7.49. The van der Waals surface area contributed by atoms with E-state index >= 15 is 4.39 Å². The molecule has 2 aromatic carbocycles.